The van der Waals surface area contributed by atoms with Crippen LogP contribution in [0.15, 0.2) is 30.3 Å². The second-order valence-corrected chi connectivity index (χ2v) is 3.39. The van der Waals surface area contributed by atoms with Crippen molar-refractivity contribution >= 4 is 12.1 Å². The molecule has 0 saturated carbocycles. The molecular formula is C11H11NO4. The van der Waals surface area contributed by atoms with Crippen LogP contribution in [0.3, 0.4) is 0 Å². The highest BCUT2D eigenvalue weighted by Gasteiger charge is 2.29. The lowest BCUT2D eigenvalue weighted by Crippen LogP contribution is -2.35. The van der Waals surface area contributed by atoms with E-state index in [0.717, 1.165) is 5.56 Å². The Hall–Kier alpha value is -2.04. The van der Waals surface area contributed by atoms with Gasteiger partial charge in [-0.05, 0) is 5.56 Å². The predicted octanol–water partition coefficient (Wildman–Crippen LogP) is 0.838. The lowest BCUT2D eigenvalue weighted by Gasteiger charge is -2.07. The predicted molar refractivity (Wildman–Crippen MR) is 54.5 cm³/mol. The number of rotatable bonds is 3. The van der Waals surface area contributed by atoms with E-state index in [1.807, 2.05) is 30.3 Å². The molecular weight excluding hydrogens is 210 g/mol. The summed E-state index contributed by atoms with van der Waals surface area (Å²) in [4.78, 5) is 22.1. The Bertz CT molecular complexity index is 390. The van der Waals surface area contributed by atoms with Crippen LogP contribution in [0, 0.1) is 0 Å². The molecule has 1 fully saturated rings. The average Bonchev–Trinajstić information content (AvgIpc) is 2.74. The molecule has 0 unspecified atom stereocenters. The molecule has 16 heavy (non-hydrogen) atoms. The lowest BCUT2D eigenvalue weighted by atomic mass is 10.2. The maximum absolute atomic E-state index is 11.4. The third kappa shape index (κ3) is 2.50. The van der Waals surface area contributed by atoms with E-state index in [1.165, 1.54) is 0 Å². The molecule has 5 heteroatoms. The van der Waals surface area contributed by atoms with E-state index in [1.54, 1.807) is 0 Å². The SMILES string of the molecule is O=C1N[C@@H](C(=O)OCc2ccccc2)CO1. The van der Waals surface area contributed by atoms with E-state index in [-0.39, 0.29) is 13.2 Å². The number of esters is 1. The highest BCUT2D eigenvalue weighted by Crippen LogP contribution is 2.04. The van der Waals surface area contributed by atoms with Crippen molar-refractivity contribution in [3.63, 3.8) is 0 Å². The first-order valence-electron chi connectivity index (χ1n) is 4.89. The van der Waals surface area contributed by atoms with Gasteiger partial charge in [0.15, 0.2) is 6.04 Å². The van der Waals surface area contributed by atoms with Gasteiger partial charge in [-0.1, -0.05) is 30.3 Å². The molecule has 1 aromatic rings. The van der Waals surface area contributed by atoms with E-state index < -0.39 is 18.1 Å². The molecule has 84 valence electrons. The molecule has 1 amide bonds. The van der Waals surface area contributed by atoms with Crippen molar-refractivity contribution in [2.45, 2.75) is 12.6 Å². The van der Waals surface area contributed by atoms with Crippen LogP contribution in [0.5, 0.6) is 0 Å². The normalized spacial score (nSPS) is 18.8. The summed E-state index contributed by atoms with van der Waals surface area (Å²) >= 11 is 0. The van der Waals surface area contributed by atoms with Crippen LogP contribution in [-0.2, 0) is 20.9 Å². The minimum absolute atomic E-state index is 0.0342. The fourth-order valence-electron chi connectivity index (χ4n) is 1.34. The van der Waals surface area contributed by atoms with Crippen LogP contribution >= 0.6 is 0 Å². The van der Waals surface area contributed by atoms with E-state index in [2.05, 4.69) is 10.1 Å². The minimum atomic E-state index is -0.684. The standard InChI is InChI=1S/C11H11NO4/c13-10(9-7-16-11(14)12-9)15-6-8-4-2-1-3-5-8/h1-5,9H,6-7H2,(H,12,14)/t9-/m1/s1. The van der Waals surface area contributed by atoms with Gasteiger partial charge in [-0.15, -0.1) is 0 Å². The quantitative estimate of drug-likeness (QED) is 0.768. The van der Waals surface area contributed by atoms with Crippen molar-refractivity contribution in [2.24, 2.45) is 0 Å². The van der Waals surface area contributed by atoms with Crippen LogP contribution in [0.2, 0.25) is 0 Å². The maximum Gasteiger partial charge on any atom is 0.408 e. The molecule has 1 aromatic carbocycles. The first-order valence-corrected chi connectivity index (χ1v) is 4.89. The Morgan fingerprint density at radius 2 is 2.19 bits per heavy atom. The number of cyclic esters (lactones) is 1. The van der Waals surface area contributed by atoms with Gasteiger partial charge < -0.3 is 14.8 Å². The number of ether oxygens (including phenoxy) is 2. The Balaban J connectivity index is 1.82. The number of carbonyl (C=O) groups is 2. The highest BCUT2D eigenvalue weighted by molar-refractivity contribution is 5.83. The monoisotopic (exact) mass is 221 g/mol. The van der Waals surface area contributed by atoms with Crippen LogP contribution in [-0.4, -0.2) is 24.7 Å². The Morgan fingerprint density at radius 3 is 2.81 bits per heavy atom. The van der Waals surface area contributed by atoms with Crippen molar-refractivity contribution < 1.29 is 19.1 Å². The molecule has 5 nitrogen and oxygen atoms in total. The van der Waals surface area contributed by atoms with Gasteiger partial charge in [-0.2, -0.15) is 0 Å². The van der Waals surface area contributed by atoms with Crippen molar-refractivity contribution in [1.82, 2.24) is 5.32 Å². The third-order valence-corrected chi connectivity index (χ3v) is 2.18. The summed E-state index contributed by atoms with van der Waals surface area (Å²) < 4.78 is 9.61. The van der Waals surface area contributed by atoms with Gasteiger partial charge in [0.1, 0.15) is 13.2 Å². The molecule has 1 saturated heterocycles. The molecule has 0 bridgehead atoms. The molecule has 0 radical (unpaired) electrons. The number of alkyl carbamates (subject to hydrolysis) is 1. The first kappa shape index (κ1) is 10.5. The number of amides is 1. The topological polar surface area (TPSA) is 64.6 Å². The van der Waals surface area contributed by atoms with Crippen molar-refractivity contribution in [3.8, 4) is 0 Å². The first-order chi connectivity index (χ1) is 7.75. The summed E-state index contributed by atoms with van der Waals surface area (Å²) in [6, 6.07) is 8.65. The zero-order chi connectivity index (χ0) is 11.4. The second kappa shape index (κ2) is 4.65. The lowest BCUT2D eigenvalue weighted by molar-refractivity contribution is -0.147. The molecule has 0 aromatic heterocycles. The van der Waals surface area contributed by atoms with E-state index in [0.29, 0.717) is 0 Å². The molecule has 2 rings (SSSR count). The summed E-state index contributed by atoms with van der Waals surface area (Å²) in [6.07, 6.45) is -0.582. The van der Waals surface area contributed by atoms with Crippen molar-refractivity contribution in [3.05, 3.63) is 35.9 Å². The van der Waals surface area contributed by atoms with E-state index >= 15 is 0 Å². The Labute approximate surface area is 92.4 Å². The smallest absolute Gasteiger partial charge is 0.408 e. The third-order valence-electron chi connectivity index (χ3n) is 2.18. The molecule has 1 N–H and O–H groups in total. The highest BCUT2D eigenvalue weighted by atomic mass is 16.6. The molecule has 1 atom stereocenters. The zero-order valence-electron chi connectivity index (χ0n) is 8.51. The zero-order valence-corrected chi connectivity index (χ0v) is 8.51. The molecule has 1 aliphatic heterocycles. The van der Waals surface area contributed by atoms with Crippen molar-refractivity contribution in [2.75, 3.05) is 6.61 Å². The van der Waals surface area contributed by atoms with Crippen molar-refractivity contribution in [1.29, 1.82) is 0 Å². The number of hydrogen-bond acceptors (Lipinski definition) is 4. The fourth-order valence-corrected chi connectivity index (χ4v) is 1.34. The van der Waals surface area contributed by atoms with Gasteiger partial charge in [-0.25, -0.2) is 9.59 Å². The summed E-state index contributed by atoms with van der Waals surface area (Å²) in [5.74, 6) is -0.477. The summed E-state index contributed by atoms with van der Waals surface area (Å²) in [5.41, 5.74) is 0.904. The second-order valence-electron chi connectivity index (χ2n) is 3.39. The largest absolute Gasteiger partial charge is 0.459 e. The summed E-state index contributed by atoms with van der Waals surface area (Å²) in [7, 11) is 0. The van der Waals surface area contributed by atoms with Crippen LogP contribution in [0.4, 0.5) is 4.79 Å². The number of benzene rings is 1. The maximum atomic E-state index is 11.4. The van der Waals surface area contributed by atoms with Crippen LogP contribution in [0.25, 0.3) is 0 Å². The Morgan fingerprint density at radius 1 is 1.44 bits per heavy atom. The molecule has 1 aliphatic rings. The number of nitrogens with one attached hydrogen (secondary N) is 1. The molecule has 0 aliphatic carbocycles. The van der Waals surface area contributed by atoms with Crippen LogP contribution < -0.4 is 5.32 Å². The van der Waals surface area contributed by atoms with Gasteiger partial charge >= 0.3 is 12.1 Å². The summed E-state index contributed by atoms with van der Waals surface area (Å²) in [6.45, 7) is 0.235. The Kier molecular flexibility index (Phi) is 3.05. The number of carbonyl (C=O) groups excluding carboxylic acids is 2. The van der Waals surface area contributed by atoms with Crippen LogP contribution in [0.1, 0.15) is 5.56 Å². The van der Waals surface area contributed by atoms with E-state index in [4.69, 9.17) is 4.74 Å². The van der Waals surface area contributed by atoms with Gasteiger partial charge in [0, 0.05) is 0 Å². The minimum Gasteiger partial charge on any atom is -0.459 e. The van der Waals surface area contributed by atoms with Gasteiger partial charge in [0.05, 0.1) is 0 Å². The fraction of sp³-hybridized carbons (Fsp3) is 0.273. The molecule has 1 heterocycles. The molecule has 0 spiro atoms. The van der Waals surface area contributed by atoms with Gasteiger partial charge in [0.25, 0.3) is 0 Å². The number of hydrogen-bond donors (Lipinski definition) is 1. The van der Waals surface area contributed by atoms with Gasteiger partial charge in [-0.3, -0.25) is 0 Å². The van der Waals surface area contributed by atoms with E-state index in [9.17, 15) is 9.59 Å². The van der Waals surface area contributed by atoms with Gasteiger partial charge in [0.2, 0.25) is 0 Å². The summed E-state index contributed by atoms with van der Waals surface area (Å²) in [5, 5.41) is 2.35. The average molecular weight is 221 g/mol.